The van der Waals surface area contributed by atoms with Gasteiger partial charge in [-0.15, -0.1) is 0 Å². The molecule has 1 aromatic rings. The zero-order valence-corrected chi connectivity index (χ0v) is 10.9. The first-order valence-electron chi connectivity index (χ1n) is 5.98. The Hall–Kier alpha value is -0.860. The minimum Gasteiger partial charge on any atom is -0.329 e. The smallest absolute Gasteiger partial charge is 0.0281 e. The van der Waals surface area contributed by atoms with Crippen molar-refractivity contribution in [3.05, 3.63) is 35.9 Å². The topological polar surface area (TPSA) is 29.3 Å². The van der Waals surface area contributed by atoms with Gasteiger partial charge in [-0.1, -0.05) is 30.3 Å². The number of benzene rings is 1. The molecule has 2 heteroatoms. The summed E-state index contributed by atoms with van der Waals surface area (Å²) in [5.74, 6) is 0. The van der Waals surface area contributed by atoms with Crippen molar-refractivity contribution in [1.82, 2.24) is 4.90 Å². The lowest BCUT2D eigenvalue weighted by molar-refractivity contribution is 0.0819. The normalized spacial score (nSPS) is 12.4. The van der Waals surface area contributed by atoms with E-state index < -0.39 is 0 Å². The highest BCUT2D eigenvalue weighted by Gasteiger charge is 2.27. The van der Waals surface area contributed by atoms with E-state index in [1.807, 2.05) is 0 Å². The molecular formula is C14H24N2. The summed E-state index contributed by atoms with van der Waals surface area (Å²) < 4.78 is 0. The third-order valence-corrected chi connectivity index (χ3v) is 3.10. The van der Waals surface area contributed by atoms with Gasteiger partial charge in [0.05, 0.1) is 0 Å². The van der Waals surface area contributed by atoms with Crippen LogP contribution in [-0.4, -0.2) is 23.0 Å². The highest BCUT2D eigenvalue weighted by molar-refractivity contribution is 5.15. The molecule has 0 amide bonds. The van der Waals surface area contributed by atoms with Crippen LogP contribution in [0.3, 0.4) is 0 Å². The zero-order chi connectivity index (χ0) is 12.2. The minimum atomic E-state index is 0.0456. The van der Waals surface area contributed by atoms with Crippen molar-refractivity contribution >= 4 is 0 Å². The second kappa shape index (κ2) is 5.46. The first kappa shape index (κ1) is 13.2. The molecule has 0 radical (unpaired) electrons. The van der Waals surface area contributed by atoms with Gasteiger partial charge in [0.1, 0.15) is 0 Å². The number of hydrogen-bond donors (Lipinski definition) is 1. The van der Waals surface area contributed by atoms with Gasteiger partial charge in [-0.3, -0.25) is 4.90 Å². The van der Waals surface area contributed by atoms with Crippen LogP contribution in [0.5, 0.6) is 0 Å². The van der Waals surface area contributed by atoms with Gasteiger partial charge in [-0.2, -0.15) is 0 Å². The molecule has 1 rings (SSSR count). The van der Waals surface area contributed by atoms with E-state index in [0.29, 0.717) is 12.6 Å². The van der Waals surface area contributed by atoms with Gasteiger partial charge in [0.15, 0.2) is 0 Å². The minimum absolute atomic E-state index is 0.0456. The fourth-order valence-corrected chi connectivity index (χ4v) is 1.99. The quantitative estimate of drug-likeness (QED) is 0.826. The lowest BCUT2D eigenvalue weighted by Crippen LogP contribution is -2.51. The molecule has 0 heterocycles. The van der Waals surface area contributed by atoms with Crippen molar-refractivity contribution in [2.24, 2.45) is 5.73 Å². The Labute approximate surface area is 99.5 Å². The molecule has 0 bridgehead atoms. The molecule has 16 heavy (non-hydrogen) atoms. The van der Waals surface area contributed by atoms with Crippen LogP contribution < -0.4 is 5.73 Å². The Morgan fingerprint density at radius 3 is 2.19 bits per heavy atom. The second-order valence-corrected chi connectivity index (χ2v) is 5.22. The van der Waals surface area contributed by atoms with Gasteiger partial charge in [0, 0.05) is 24.7 Å². The first-order valence-corrected chi connectivity index (χ1v) is 5.98. The van der Waals surface area contributed by atoms with Gasteiger partial charge >= 0.3 is 0 Å². The van der Waals surface area contributed by atoms with E-state index in [-0.39, 0.29) is 5.54 Å². The van der Waals surface area contributed by atoms with Crippen molar-refractivity contribution < 1.29 is 0 Å². The SMILES string of the molecule is CC(C)N(Cc1ccccc1)C(C)(C)CN. The molecule has 0 spiro atoms. The van der Waals surface area contributed by atoms with Crippen LogP contribution in [0, 0.1) is 0 Å². The van der Waals surface area contributed by atoms with E-state index in [4.69, 9.17) is 5.73 Å². The first-order chi connectivity index (χ1) is 7.47. The fourth-order valence-electron chi connectivity index (χ4n) is 1.99. The average molecular weight is 220 g/mol. The molecular weight excluding hydrogens is 196 g/mol. The van der Waals surface area contributed by atoms with Gasteiger partial charge in [-0.05, 0) is 33.3 Å². The lowest BCUT2D eigenvalue weighted by Gasteiger charge is -2.41. The van der Waals surface area contributed by atoms with Gasteiger partial charge in [0.25, 0.3) is 0 Å². The molecule has 90 valence electrons. The molecule has 0 aliphatic heterocycles. The maximum atomic E-state index is 5.86. The summed E-state index contributed by atoms with van der Waals surface area (Å²) in [6, 6.07) is 11.1. The van der Waals surface area contributed by atoms with Crippen LogP contribution in [0.1, 0.15) is 33.3 Å². The summed E-state index contributed by atoms with van der Waals surface area (Å²) in [5, 5.41) is 0. The molecule has 0 aliphatic carbocycles. The monoisotopic (exact) mass is 220 g/mol. The highest BCUT2D eigenvalue weighted by atomic mass is 15.2. The number of hydrogen-bond acceptors (Lipinski definition) is 2. The Morgan fingerprint density at radius 2 is 1.75 bits per heavy atom. The van der Waals surface area contributed by atoms with E-state index >= 15 is 0 Å². The molecule has 0 unspecified atom stereocenters. The molecule has 0 aliphatic rings. The standard InChI is InChI=1S/C14H24N2/c1-12(2)16(14(3,4)11-15)10-13-8-6-5-7-9-13/h5-9,12H,10-11,15H2,1-4H3. The van der Waals surface area contributed by atoms with Gasteiger partial charge < -0.3 is 5.73 Å². The van der Waals surface area contributed by atoms with E-state index in [1.165, 1.54) is 5.56 Å². The molecule has 2 nitrogen and oxygen atoms in total. The number of rotatable bonds is 5. The maximum absolute atomic E-state index is 5.86. The predicted octanol–water partition coefficient (Wildman–Crippen LogP) is 2.63. The van der Waals surface area contributed by atoms with E-state index in [9.17, 15) is 0 Å². The molecule has 0 aromatic heterocycles. The lowest BCUT2D eigenvalue weighted by atomic mass is 9.99. The van der Waals surface area contributed by atoms with Crippen LogP contribution in [0.2, 0.25) is 0 Å². The van der Waals surface area contributed by atoms with Crippen molar-refractivity contribution in [1.29, 1.82) is 0 Å². The summed E-state index contributed by atoms with van der Waals surface area (Å²) in [6.45, 7) is 10.5. The molecule has 0 saturated heterocycles. The van der Waals surface area contributed by atoms with E-state index in [0.717, 1.165) is 6.54 Å². The fraction of sp³-hybridized carbons (Fsp3) is 0.571. The Morgan fingerprint density at radius 1 is 1.19 bits per heavy atom. The Bertz CT molecular complexity index is 304. The third-order valence-electron chi connectivity index (χ3n) is 3.10. The van der Waals surface area contributed by atoms with Crippen molar-refractivity contribution in [3.63, 3.8) is 0 Å². The maximum Gasteiger partial charge on any atom is 0.0281 e. The largest absolute Gasteiger partial charge is 0.329 e. The summed E-state index contributed by atoms with van der Waals surface area (Å²) in [6.07, 6.45) is 0. The second-order valence-electron chi connectivity index (χ2n) is 5.22. The van der Waals surface area contributed by atoms with Crippen LogP contribution in [0.15, 0.2) is 30.3 Å². The summed E-state index contributed by atoms with van der Waals surface area (Å²) in [4.78, 5) is 2.45. The predicted molar refractivity (Wildman–Crippen MR) is 70.3 cm³/mol. The van der Waals surface area contributed by atoms with Gasteiger partial charge in [0.2, 0.25) is 0 Å². The van der Waals surface area contributed by atoms with Crippen LogP contribution >= 0.6 is 0 Å². The number of nitrogens with zero attached hydrogens (tertiary/aromatic N) is 1. The molecule has 0 atom stereocenters. The third kappa shape index (κ3) is 3.32. The van der Waals surface area contributed by atoms with E-state index in [2.05, 4.69) is 62.9 Å². The van der Waals surface area contributed by atoms with Crippen LogP contribution in [0.4, 0.5) is 0 Å². The summed E-state index contributed by atoms with van der Waals surface area (Å²) in [7, 11) is 0. The molecule has 0 fully saturated rings. The zero-order valence-electron chi connectivity index (χ0n) is 10.9. The Balaban J connectivity index is 2.81. The number of nitrogens with two attached hydrogens (primary N) is 1. The van der Waals surface area contributed by atoms with Crippen molar-refractivity contribution in [3.8, 4) is 0 Å². The van der Waals surface area contributed by atoms with Crippen molar-refractivity contribution in [2.45, 2.75) is 45.8 Å². The summed E-state index contributed by atoms with van der Waals surface area (Å²) >= 11 is 0. The van der Waals surface area contributed by atoms with E-state index in [1.54, 1.807) is 0 Å². The molecule has 1 aromatic carbocycles. The summed E-state index contributed by atoms with van der Waals surface area (Å²) in [5.41, 5.74) is 7.25. The van der Waals surface area contributed by atoms with Crippen LogP contribution in [0.25, 0.3) is 0 Å². The van der Waals surface area contributed by atoms with Crippen LogP contribution in [-0.2, 0) is 6.54 Å². The average Bonchev–Trinajstić information content (AvgIpc) is 2.26. The van der Waals surface area contributed by atoms with Gasteiger partial charge in [-0.25, -0.2) is 0 Å². The molecule has 0 saturated carbocycles. The highest BCUT2D eigenvalue weighted by Crippen LogP contribution is 2.19. The van der Waals surface area contributed by atoms with Crippen molar-refractivity contribution in [2.75, 3.05) is 6.54 Å². The Kier molecular flexibility index (Phi) is 4.51. The molecule has 2 N–H and O–H groups in total.